The molecule has 0 saturated heterocycles. The molecule has 0 unspecified atom stereocenters. The highest BCUT2D eigenvalue weighted by atomic mass is 16.4. The number of rotatable bonds is 4. The Kier molecular flexibility index (Phi) is 2.91. The lowest BCUT2D eigenvalue weighted by Crippen LogP contribution is -2.00. The number of hydrogen-bond donors (Lipinski definition) is 3. The monoisotopic (exact) mass is 216 g/mol. The summed E-state index contributed by atoms with van der Waals surface area (Å²) < 4.78 is 0. The molecule has 16 heavy (non-hydrogen) atoms. The van der Waals surface area contributed by atoms with Gasteiger partial charge in [0.05, 0.1) is 5.56 Å². The maximum absolute atomic E-state index is 10.6. The molecule has 2 aromatic rings. The van der Waals surface area contributed by atoms with Crippen molar-refractivity contribution < 1.29 is 9.90 Å². The van der Waals surface area contributed by atoms with Crippen molar-refractivity contribution in [2.24, 2.45) is 0 Å². The van der Waals surface area contributed by atoms with Gasteiger partial charge in [0.2, 0.25) is 0 Å². The molecule has 0 spiro atoms. The molecule has 2 rings (SSSR count). The van der Waals surface area contributed by atoms with Crippen molar-refractivity contribution in [3.8, 4) is 0 Å². The van der Waals surface area contributed by atoms with Gasteiger partial charge in [0.1, 0.15) is 0 Å². The molecule has 0 fully saturated rings. The fraction of sp³-hybridized carbons (Fsp3) is 0.0833. The zero-order valence-corrected chi connectivity index (χ0v) is 8.60. The van der Waals surface area contributed by atoms with Crippen LogP contribution < -0.4 is 5.32 Å². The maximum atomic E-state index is 10.6. The molecule has 1 heterocycles. The SMILES string of the molecule is O=C(O)c1ccc(NCc2cc[nH]c2)cc1. The van der Waals surface area contributed by atoms with Gasteiger partial charge in [-0.2, -0.15) is 0 Å². The third-order valence-corrected chi connectivity index (χ3v) is 2.29. The van der Waals surface area contributed by atoms with Crippen LogP contribution in [0, 0.1) is 0 Å². The molecule has 4 nitrogen and oxygen atoms in total. The van der Waals surface area contributed by atoms with Crippen LogP contribution in [0.5, 0.6) is 0 Å². The van der Waals surface area contributed by atoms with E-state index in [2.05, 4.69) is 10.3 Å². The van der Waals surface area contributed by atoms with Gasteiger partial charge in [0.25, 0.3) is 0 Å². The largest absolute Gasteiger partial charge is 0.478 e. The van der Waals surface area contributed by atoms with Crippen LogP contribution >= 0.6 is 0 Å². The molecule has 0 aliphatic rings. The van der Waals surface area contributed by atoms with Crippen LogP contribution in [0.1, 0.15) is 15.9 Å². The number of carboxylic acid groups (broad SMARTS) is 1. The van der Waals surface area contributed by atoms with Gasteiger partial charge in [-0.1, -0.05) is 0 Å². The van der Waals surface area contributed by atoms with Gasteiger partial charge < -0.3 is 15.4 Å². The van der Waals surface area contributed by atoms with Crippen molar-refractivity contribution in [2.45, 2.75) is 6.54 Å². The molecule has 1 aromatic heterocycles. The molecular formula is C12H12N2O2. The van der Waals surface area contributed by atoms with Crippen LogP contribution in [0.15, 0.2) is 42.7 Å². The first-order chi connectivity index (χ1) is 7.75. The Hall–Kier alpha value is -2.23. The summed E-state index contributed by atoms with van der Waals surface area (Å²) in [6, 6.07) is 8.68. The lowest BCUT2D eigenvalue weighted by molar-refractivity contribution is 0.0697. The molecule has 3 N–H and O–H groups in total. The molecular weight excluding hydrogens is 204 g/mol. The average Bonchev–Trinajstić information content (AvgIpc) is 2.80. The van der Waals surface area contributed by atoms with Gasteiger partial charge >= 0.3 is 5.97 Å². The Morgan fingerprint density at radius 1 is 1.25 bits per heavy atom. The van der Waals surface area contributed by atoms with Crippen LogP contribution in [0.3, 0.4) is 0 Å². The van der Waals surface area contributed by atoms with E-state index in [1.54, 1.807) is 24.3 Å². The Morgan fingerprint density at radius 3 is 2.56 bits per heavy atom. The quantitative estimate of drug-likeness (QED) is 0.734. The summed E-state index contributed by atoms with van der Waals surface area (Å²) in [5.74, 6) is -0.905. The highest BCUT2D eigenvalue weighted by molar-refractivity contribution is 5.87. The van der Waals surface area contributed by atoms with Crippen LogP contribution in [-0.2, 0) is 6.54 Å². The number of benzene rings is 1. The van der Waals surface area contributed by atoms with E-state index in [-0.39, 0.29) is 0 Å². The van der Waals surface area contributed by atoms with E-state index in [1.807, 2.05) is 18.5 Å². The fourth-order valence-electron chi connectivity index (χ4n) is 1.40. The van der Waals surface area contributed by atoms with Crippen molar-refractivity contribution in [3.05, 3.63) is 53.9 Å². The molecule has 0 radical (unpaired) electrons. The predicted octanol–water partition coefficient (Wildman–Crippen LogP) is 2.33. The van der Waals surface area contributed by atoms with E-state index < -0.39 is 5.97 Å². The zero-order chi connectivity index (χ0) is 11.4. The van der Waals surface area contributed by atoms with Gasteiger partial charge in [0, 0.05) is 24.6 Å². The predicted molar refractivity (Wildman–Crippen MR) is 61.5 cm³/mol. The molecule has 1 aromatic carbocycles. The zero-order valence-electron chi connectivity index (χ0n) is 8.60. The van der Waals surface area contributed by atoms with Gasteiger partial charge in [-0.05, 0) is 35.9 Å². The molecule has 0 saturated carbocycles. The lowest BCUT2D eigenvalue weighted by atomic mass is 10.2. The summed E-state index contributed by atoms with van der Waals surface area (Å²) >= 11 is 0. The molecule has 0 aliphatic carbocycles. The minimum atomic E-state index is -0.905. The summed E-state index contributed by atoms with van der Waals surface area (Å²) in [5, 5.41) is 11.9. The number of H-pyrrole nitrogens is 1. The normalized spacial score (nSPS) is 10.0. The van der Waals surface area contributed by atoms with Crippen LogP contribution in [-0.4, -0.2) is 16.1 Å². The number of aromatic carboxylic acids is 1. The summed E-state index contributed by atoms with van der Waals surface area (Å²) in [6.07, 6.45) is 3.78. The number of aromatic nitrogens is 1. The topological polar surface area (TPSA) is 65.1 Å². The highest BCUT2D eigenvalue weighted by Crippen LogP contribution is 2.11. The van der Waals surface area contributed by atoms with Gasteiger partial charge in [0.15, 0.2) is 0 Å². The second-order valence-electron chi connectivity index (χ2n) is 3.46. The third-order valence-electron chi connectivity index (χ3n) is 2.29. The maximum Gasteiger partial charge on any atom is 0.335 e. The van der Waals surface area contributed by atoms with Crippen LogP contribution in [0.2, 0.25) is 0 Å². The summed E-state index contributed by atoms with van der Waals surface area (Å²) in [7, 11) is 0. The summed E-state index contributed by atoms with van der Waals surface area (Å²) in [6.45, 7) is 0.718. The van der Waals surface area contributed by atoms with Gasteiger partial charge in [-0.25, -0.2) is 4.79 Å². The number of anilines is 1. The van der Waals surface area contributed by atoms with Crippen molar-refractivity contribution in [3.63, 3.8) is 0 Å². The van der Waals surface area contributed by atoms with Gasteiger partial charge in [-0.3, -0.25) is 0 Å². The van der Waals surface area contributed by atoms with E-state index in [4.69, 9.17) is 5.11 Å². The first-order valence-electron chi connectivity index (χ1n) is 4.94. The number of aromatic amines is 1. The van der Waals surface area contributed by atoms with Crippen molar-refractivity contribution >= 4 is 11.7 Å². The van der Waals surface area contributed by atoms with E-state index in [0.29, 0.717) is 5.56 Å². The number of carboxylic acids is 1. The standard InChI is InChI=1S/C12H12N2O2/c15-12(16)10-1-3-11(4-2-10)14-8-9-5-6-13-7-9/h1-7,13-14H,8H2,(H,15,16). The average molecular weight is 216 g/mol. The molecule has 0 atom stereocenters. The Morgan fingerprint density at radius 2 is 2.00 bits per heavy atom. The third kappa shape index (κ3) is 2.42. The molecule has 4 heteroatoms. The number of nitrogens with one attached hydrogen (secondary N) is 2. The lowest BCUT2D eigenvalue weighted by Gasteiger charge is -2.04. The number of hydrogen-bond acceptors (Lipinski definition) is 2. The Balaban J connectivity index is 1.98. The minimum Gasteiger partial charge on any atom is -0.478 e. The summed E-state index contributed by atoms with van der Waals surface area (Å²) in [5.41, 5.74) is 2.36. The Labute approximate surface area is 92.9 Å². The van der Waals surface area contributed by atoms with E-state index in [0.717, 1.165) is 17.8 Å². The molecule has 0 bridgehead atoms. The second kappa shape index (κ2) is 4.53. The molecule has 82 valence electrons. The first kappa shape index (κ1) is 10.3. The van der Waals surface area contributed by atoms with Crippen LogP contribution in [0.25, 0.3) is 0 Å². The van der Waals surface area contributed by atoms with Crippen LogP contribution in [0.4, 0.5) is 5.69 Å². The van der Waals surface area contributed by atoms with E-state index in [9.17, 15) is 4.79 Å². The van der Waals surface area contributed by atoms with E-state index >= 15 is 0 Å². The Bertz CT molecular complexity index is 460. The van der Waals surface area contributed by atoms with E-state index in [1.165, 1.54) is 0 Å². The highest BCUT2D eigenvalue weighted by Gasteiger charge is 2.01. The fourth-order valence-corrected chi connectivity index (χ4v) is 1.40. The van der Waals surface area contributed by atoms with Crippen molar-refractivity contribution in [1.82, 2.24) is 4.98 Å². The molecule has 0 aliphatic heterocycles. The minimum absolute atomic E-state index is 0.298. The van der Waals surface area contributed by atoms with Crippen molar-refractivity contribution in [2.75, 3.05) is 5.32 Å². The second-order valence-corrected chi connectivity index (χ2v) is 3.46. The number of carbonyl (C=O) groups is 1. The smallest absolute Gasteiger partial charge is 0.335 e. The van der Waals surface area contributed by atoms with Gasteiger partial charge in [-0.15, -0.1) is 0 Å². The molecule has 0 amide bonds. The first-order valence-corrected chi connectivity index (χ1v) is 4.94. The van der Waals surface area contributed by atoms with Crippen molar-refractivity contribution in [1.29, 1.82) is 0 Å². The summed E-state index contributed by atoms with van der Waals surface area (Å²) in [4.78, 5) is 13.6.